The van der Waals surface area contributed by atoms with Crippen LogP contribution in [0, 0.1) is 0 Å². The second-order valence-corrected chi connectivity index (χ2v) is 2.71. The van der Waals surface area contributed by atoms with E-state index in [1.807, 2.05) is 6.08 Å². The van der Waals surface area contributed by atoms with E-state index in [2.05, 4.69) is 15.3 Å². The molecule has 0 aliphatic carbocycles. The third-order valence-electron chi connectivity index (χ3n) is 1.62. The predicted octanol–water partition coefficient (Wildman–Crippen LogP) is -0.498. The molecule has 0 aliphatic heterocycles. The average Bonchev–Trinajstić information content (AvgIpc) is 2.25. The van der Waals surface area contributed by atoms with Crippen LogP contribution in [0.3, 0.4) is 0 Å². The molecule has 1 aromatic rings. The molecule has 0 spiro atoms. The molecule has 6 heteroatoms. The Bertz CT molecular complexity index is 363. The first-order chi connectivity index (χ1) is 7.25. The number of hydrogen-bond acceptors (Lipinski definition) is 5. The molecule has 1 amide bonds. The zero-order valence-corrected chi connectivity index (χ0v) is 8.18. The molecular formula is C9H13N5O. The van der Waals surface area contributed by atoms with Crippen LogP contribution in [-0.4, -0.2) is 29.0 Å². The van der Waals surface area contributed by atoms with Crippen LogP contribution in [0.2, 0.25) is 0 Å². The van der Waals surface area contributed by atoms with Crippen molar-refractivity contribution in [2.24, 2.45) is 11.5 Å². The highest BCUT2D eigenvalue weighted by Gasteiger charge is 2.08. The Morgan fingerprint density at radius 3 is 2.80 bits per heavy atom. The Kier molecular flexibility index (Phi) is 4.24. The highest BCUT2D eigenvalue weighted by Crippen LogP contribution is 2.06. The molecule has 0 aliphatic rings. The summed E-state index contributed by atoms with van der Waals surface area (Å²) in [5.74, 6) is -0.222. The van der Waals surface area contributed by atoms with Crippen LogP contribution in [-0.2, 0) is 0 Å². The minimum absolute atomic E-state index is 0.138. The van der Waals surface area contributed by atoms with Gasteiger partial charge in [-0.2, -0.15) is 0 Å². The van der Waals surface area contributed by atoms with E-state index in [1.54, 1.807) is 6.08 Å². The van der Waals surface area contributed by atoms with Gasteiger partial charge in [0.15, 0.2) is 11.5 Å². The Hall–Kier alpha value is -1.95. The fraction of sp³-hybridized carbons (Fsp3) is 0.222. The van der Waals surface area contributed by atoms with Crippen molar-refractivity contribution in [3.8, 4) is 0 Å². The molecule has 1 heterocycles. The van der Waals surface area contributed by atoms with Crippen molar-refractivity contribution in [1.29, 1.82) is 0 Å². The predicted molar refractivity (Wildman–Crippen MR) is 57.2 cm³/mol. The van der Waals surface area contributed by atoms with Gasteiger partial charge in [-0.05, 0) is 0 Å². The molecule has 0 aromatic carbocycles. The highest BCUT2D eigenvalue weighted by atomic mass is 16.1. The van der Waals surface area contributed by atoms with Crippen LogP contribution in [0.1, 0.15) is 10.5 Å². The van der Waals surface area contributed by atoms with Crippen molar-refractivity contribution in [1.82, 2.24) is 9.97 Å². The quantitative estimate of drug-likeness (QED) is 0.564. The first-order valence-electron chi connectivity index (χ1n) is 4.45. The van der Waals surface area contributed by atoms with E-state index in [4.69, 9.17) is 11.5 Å². The van der Waals surface area contributed by atoms with Gasteiger partial charge in [0.2, 0.25) is 0 Å². The number of aromatic nitrogens is 2. The molecule has 0 atom stereocenters. The molecule has 80 valence electrons. The van der Waals surface area contributed by atoms with Gasteiger partial charge in [0, 0.05) is 25.5 Å². The van der Waals surface area contributed by atoms with E-state index < -0.39 is 5.91 Å². The standard InChI is InChI=1S/C9H13N5O/c10-3-1-2-4-13-9-7(8(11)15)12-5-6-14-9/h1-2,5-6H,3-4,10H2,(H2,11,15)(H,13,14)/b2-1+. The molecule has 0 saturated heterocycles. The third-order valence-corrected chi connectivity index (χ3v) is 1.62. The lowest BCUT2D eigenvalue weighted by Gasteiger charge is -2.04. The molecular weight excluding hydrogens is 194 g/mol. The summed E-state index contributed by atoms with van der Waals surface area (Å²) in [4.78, 5) is 18.7. The lowest BCUT2D eigenvalue weighted by atomic mass is 10.4. The number of amides is 1. The van der Waals surface area contributed by atoms with Crippen molar-refractivity contribution < 1.29 is 4.79 Å². The molecule has 6 nitrogen and oxygen atoms in total. The van der Waals surface area contributed by atoms with Crippen molar-refractivity contribution in [2.45, 2.75) is 0 Å². The summed E-state index contributed by atoms with van der Waals surface area (Å²) in [6.45, 7) is 1.00. The van der Waals surface area contributed by atoms with Crippen molar-refractivity contribution in [3.05, 3.63) is 30.2 Å². The third kappa shape index (κ3) is 3.35. The fourth-order valence-electron chi connectivity index (χ4n) is 0.983. The number of nitrogens with zero attached hydrogens (tertiary/aromatic N) is 2. The molecule has 15 heavy (non-hydrogen) atoms. The number of rotatable bonds is 5. The van der Waals surface area contributed by atoms with Gasteiger partial charge in [-0.3, -0.25) is 4.79 Å². The summed E-state index contributed by atoms with van der Waals surface area (Å²) in [5.41, 5.74) is 10.5. The lowest BCUT2D eigenvalue weighted by Crippen LogP contribution is -2.17. The minimum atomic E-state index is -0.603. The van der Waals surface area contributed by atoms with Gasteiger partial charge in [0.1, 0.15) is 0 Å². The molecule has 1 rings (SSSR count). The van der Waals surface area contributed by atoms with Gasteiger partial charge < -0.3 is 16.8 Å². The van der Waals surface area contributed by atoms with Crippen LogP contribution in [0.4, 0.5) is 5.82 Å². The van der Waals surface area contributed by atoms with E-state index in [9.17, 15) is 4.79 Å². The second-order valence-electron chi connectivity index (χ2n) is 2.71. The van der Waals surface area contributed by atoms with Crippen LogP contribution in [0.25, 0.3) is 0 Å². The van der Waals surface area contributed by atoms with Crippen molar-refractivity contribution in [2.75, 3.05) is 18.4 Å². The molecule has 1 aromatic heterocycles. The zero-order chi connectivity index (χ0) is 11.1. The minimum Gasteiger partial charge on any atom is -0.365 e. The van der Waals surface area contributed by atoms with E-state index in [0.717, 1.165) is 0 Å². The maximum absolute atomic E-state index is 11.0. The summed E-state index contributed by atoms with van der Waals surface area (Å²) in [7, 11) is 0. The van der Waals surface area contributed by atoms with Crippen molar-refractivity contribution >= 4 is 11.7 Å². The summed E-state index contributed by atoms with van der Waals surface area (Å²) in [6.07, 6.45) is 6.54. The number of nitrogens with two attached hydrogens (primary N) is 2. The largest absolute Gasteiger partial charge is 0.365 e. The lowest BCUT2D eigenvalue weighted by molar-refractivity contribution is 0.0996. The van der Waals surface area contributed by atoms with Gasteiger partial charge in [-0.25, -0.2) is 9.97 Å². The summed E-state index contributed by atoms with van der Waals surface area (Å²) in [6, 6.07) is 0. The molecule has 0 fully saturated rings. The first kappa shape index (κ1) is 11.1. The van der Waals surface area contributed by atoms with E-state index >= 15 is 0 Å². The Labute approximate surface area is 87.4 Å². The maximum Gasteiger partial charge on any atom is 0.271 e. The van der Waals surface area contributed by atoms with Gasteiger partial charge in [-0.15, -0.1) is 0 Å². The Morgan fingerprint density at radius 1 is 1.40 bits per heavy atom. The second kappa shape index (κ2) is 5.71. The summed E-state index contributed by atoms with van der Waals surface area (Å²) in [5, 5.41) is 2.91. The number of hydrogen-bond donors (Lipinski definition) is 3. The highest BCUT2D eigenvalue weighted by molar-refractivity contribution is 5.95. The maximum atomic E-state index is 11.0. The Balaban J connectivity index is 2.67. The Morgan fingerprint density at radius 2 is 2.13 bits per heavy atom. The van der Waals surface area contributed by atoms with Crippen LogP contribution in [0.15, 0.2) is 24.5 Å². The van der Waals surface area contributed by atoms with E-state index in [0.29, 0.717) is 18.9 Å². The number of carbonyl (C=O) groups excluding carboxylic acids is 1. The van der Waals surface area contributed by atoms with Gasteiger partial charge in [0.25, 0.3) is 5.91 Å². The topological polar surface area (TPSA) is 107 Å². The SMILES string of the molecule is NC/C=C/CNc1nccnc1C(N)=O. The molecule has 5 N–H and O–H groups in total. The van der Waals surface area contributed by atoms with Crippen LogP contribution < -0.4 is 16.8 Å². The normalized spacial score (nSPS) is 10.5. The molecule has 0 saturated carbocycles. The van der Waals surface area contributed by atoms with E-state index in [1.165, 1.54) is 12.4 Å². The van der Waals surface area contributed by atoms with Gasteiger partial charge in [0.05, 0.1) is 0 Å². The number of anilines is 1. The zero-order valence-electron chi connectivity index (χ0n) is 8.18. The molecule has 0 radical (unpaired) electrons. The average molecular weight is 207 g/mol. The van der Waals surface area contributed by atoms with Gasteiger partial charge in [-0.1, -0.05) is 12.2 Å². The first-order valence-corrected chi connectivity index (χ1v) is 4.45. The number of nitrogens with one attached hydrogen (secondary N) is 1. The van der Waals surface area contributed by atoms with Crippen LogP contribution >= 0.6 is 0 Å². The molecule has 0 unspecified atom stereocenters. The molecule has 0 bridgehead atoms. The number of carbonyl (C=O) groups is 1. The number of primary amides is 1. The van der Waals surface area contributed by atoms with Crippen LogP contribution in [0.5, 0.6) is 0 Å². The van der Waals surface area contributed by atoms with Gasteiger partial charge >= 0.3 is 0 Å². The summed E-state index contributed by atoms with van der Waals surface area (Å²) >= 11 is 0. The van der Waals surface area contributed by atoms with Crippen molar-refractivity contribution in [3.63, 3.8) is 0 Å². The monoisotopic (exact) mass is 207 g/mol. The fourth-order valence-corrected chi connectivity index (χ4v) is 0.983. The summed E-state index contributed by atoms with van der Waals surface area (Å²) < 4.78 is 0. The van der Waals surface area contributed by atoms with E-state index in [-0.39, 0.29) is 5.69 Å². The smallest absolute Gasteiger partial charge is 0.271 e.